The molecule has 128 valence electrons. The normalized spacial score (nSPS) is 15.2. The minimum absolute atomic E-state index is 0.132. The molecule has 2 aromatic carbocycles. The van der Waals surface area contributed by atoms with Gasteiger partial charge in [-0.05, 0) is 18.1 Å². The van der Waals surface area contributed by atoms with Crippen molar-refractivity contribution in [2.45, 2.75) is 26.1 Å². The standard InChI is InChI=1S/C18H16F4O2/c1-2-3-10-4-5-11(16(21)15(10)20)14-12(18-23-8-9-24-18)6-7-13(19)17(14)22/h4-7,18H,2-3,8-9H2,1H3. The van der Waals surface area contributed by atoms with Crippen molar-refractivity contribution in [3.8, 4) is 11.1 Å². The van der Waals surface area contributed by atoms with Crippen molar-refractivity contribution in [1.29, 1.82) is 0 Å². The summed E-state index contributed by atoms with van der Waals surface area (Å²) in [5.41, 5.74) is -0.391. The molecule has 0 amide bonds. The minimum Gasteiger partial charge on any atom is -0.346 e. The molecule has 1 heterocycles. The van der Waals surface area contributed by atoms with Crippen LogP contribution in [0.1, 0.15) is 30.8 Å². The van der Waals surface area contributed by atoms with Crippen LogP contribution in [0.2, 0.25) is 0 Å². The van der Waals surface area contributed by atoms with Crippen molar-refractivity contribution in [2.75, 3.05) is 13.2 Å². The summed E-state index contributed by atoms with van der Waals surface area (Å²) >= 11 is 0. The van der Waals surface area contributed by atoms with E-state index in [1.807, 2.05) is 6.92 Å². The third-order valence-corrected chi connectivity index (χ3v) is 3.95. The Morgan fingerprint density at radius 2 is 1.62 bits per heavy atom. The second-order valence-electron chi connectivity index (χ2n) is 5.55. The predicted molar refractivity (Wildman–Crippen MR) is 80.4 cm³/mol. The molecule has 0 bridgehead atoms. The molecule has 1 saturated heterocycles. The first-order valence-electron chi connectivity index (χ1n) is 7.73. The molecular formula is C18H16F4O2. The first-order chi connectivity index (χ1) is 11.5. The maximum Gasteiger partial charge on any atom is 0.184 e. The quantitative estimate of drug-likeness (QED) is 0.737. The van der Waals surface area contributed by atoms with Crippen molar-refractivity contribution in [1.82, 2.24) is 0 Å². The summed E-state index contributed by atoms with van der Waals surface area (Å²) in [6.07, 6.45) is 0.0583. The second kappa shape index (κ2) is 6.91. The fourth-order valence-electron chi connectivity index (χ4n) is 2.82. The van der Waals surface area contributed by atoms with Crippen LogP contribution in [-0.2, 0) is 15.9 Å². The third kappa shape index (κ3) is 2.91. The fraction of sp³-hybridized carbons (Fsp3) is 0.333. The molecule has 2 nitrogen and oxygen atoms in total. The van der Waals surface area contributed by atoms with Crippen LogP contribution in [0.5, 0.6) is 0 Å². The van der Waals surface area contributed by atoms with Gasteiger partial charge in [0.05, 0.1) is 13.2 Å². The van der Waals surface area contributed by atoms with E-state index in [1.54, 1.807) is 0 Å². The Balaban J connectivity index is 2.18. The number of halogens is 4. The molecule has 0 spiro atoms. The van der Waals surface area contributed by atoms with Gasteiger partial charge in [-0.3, -0.25) is 0 Å². The molecule has 1 aliphatic rings. The van der Waals surface area contributed by atoms with E-state index in [9.17, 15) is 17.6 Å². The first kappa shape index (κ1) is 16.9. The lowest BCUT2D eigenvalue weighted by Crippen LogP contribution is -2.06. The van der Waals surface area contributed by atoms with Crippen molar-refractivity contribution in [2.24, 2.45) is 0 Å². The molecule has 1 fully saturated rings. The maximum absolute atomic E-state index is 14.5. The van der Waals surface area contributed by atoms with E-state index < -0.39 is 29.6 Å². The summed E-state index contributed by atoms with van der Waals surface area (Å²) < 4.78 is 67.4. The first-order valence-corrected chi connectivity index (χ1v) is 7.73. The van der Waals surface area contributed by atoms with E-state index in [0.717, 1.165) is 6.07 Å². The van der Waals surface area contributed by atoms with Crippen molar-refractivity contribution in [3.05, 3.63) is 58.7 Å². The zero-order valence-electron chi connectivity index (χ0n) is 13.0. The fourth-order valence-corrected chi connectivity index (χ4v) is 2.82. The van der Waals surface area contributed by atoms with Gasteiger partial charge in [0.15, 0.2) is 29.6 Å². The van der Waals surface area contributed by atoms with Gasteiger partial charge >= 0.3 is 0 Å². The summed E-state index contributed by atoms with van der Waals surface area (Å²) in [6, 6.07) is 4.83. The van der Waals surface area contributed by atoms with Crippen LogP contribution in [0.4, 0.5) is 17.6 Å². The average Bonchev–Trinajstić information content (AvgIpc) is 3.10. The molecule has 0 atom stereocenters. The molecule has 0 aromatic heterocycles. The van der Waals surface area contributed by atoms with E-state index in [0.29, 0.717) is 12.8 Å². The van der Waals surface area contributed by atoms with Crippen LogP contribution < -0.4 is 0 Å². The number of aryl methyl sites for hydroxylation is 1. The van der Waals surface area contributed by atoms with Gasteiger partial charge in [0, 0.05) is 16.7 Å². The third-order valence-electron chi connectivity index (χ3n) is 3.95. The van der Waals surface area contributed by atoms with Gasteiger partial charge in [-0.25, -0.2) is 17.6 Å². The van der Waals surface area contributed by atoms with Crippen LogP contribution in [0.3, 0.4) is 0 Å². The number of rotatable bonds is 4. The Kier molecular flexibility index (Phi) is 4.87. The summed E-state index contributed by atoms with van der Waals surface area (Å²) in [6.45, 7) is 2.41. The maximum atomic E-state index is 14.5. The smallest absolute Gasteiger partial charge is 0.184 e. The number of hydrogen-bond donors (Lipinski definition) is 0. The lowest BCUT2D eigenvalue weighted by Gasteiger charge is -2.17. The molecule has 1 aliphatic heterocycles. The Hall–Kier alpha value is -1.92. The molecule has 6 heteroatoms. The summed E-state index contributed by atoms with van der Waals surface area (Å²) in [5.74, 6) is -4.65. The number of ether oxygens (including phenoxy) is 2. The predicted octanol–water partition coefficient (Wildman–Crippen LogP) is 4.91. The Labute approximate surface area is 137 Å². The Bertz CT molecular complexity index is 755. The van der Waals surface area contributed by atoms with Gasteiger partial charge in [-0.15, -0.1) is 0 Å². The molecule has 0 radical (unpaired) electrons. The SMILES string of the molecule is CCCc1ccc(-c2c(C3OCCO3)ccc(F)c2F)c(F)c1F. The molecule has 24 heavy (non-hydrogen) atoms. The van der Waals surface area contributed by atoms with E-state index >= 15 is 0 Å². The zero-order chi connectivity index (χ0) is 17.3. The highest BCUT2D eigenvalue weighted by Crippen LogP contribution is 2.38. The molecular weight excluding hydrogens is 324 g/mol. The van der Waals surface area contributed by atoms with Gasteiger partial charge in [0.1, 0.15) is 0 Å². The number of hydrogen-bond acceptors (Lipinski definition) is 2. The molecule has 3 rings (SSSR count). The highest BCUT2D eigenvalue weighted by molar-refractivity contribution is 5.70. The van der Waals surface area contributed by atoms with Crippen LogP contribution >= 0.6 is 0 Å². The Morgan fingerprint density at radius 1 is 0.917 bits per heavy atom. The lowest BCUT2D eigenvalue weighted by atomic mass is 9.95. The topological polar surface area (TPSA) is 18.5 Å². The minimum atomic E-state index is -1.26. The van der Waals surface area contributed by atoms with Gasteiger partial charge < -0.3 is 9.47 Å². The van der Waals surface area contributed by atoms with Crippen LogP contribution in [-0.4, -0.2) is 13.2 Å². The van der Waals surface area contributed by atoms with E-state index in [4.69, 9.17) is 9.47 Å². The number of benzene rings is 2. The van der Waals surface area contributed by atoms with E-state index in [1.165, 1.54) is 18.2 Å². The van der Waals surface area contributed by atoms with Crippen LogP contribution in [0, 0.1) is 23.3 Å². The molecule has 0 saturated carbocycles. The van der Waals surface area contributed by atoms with Crippen molar-refractivity contribution < 1.29 is 27.0 Å². The van der Waals surface area contributed by atoms with Crippen LogP contribution in [0.15, 0.2) is 24.3 Å². The molecule has 0 N–H and O–H groups in total. The van der Waals surface area contributed by atoms with Crippen molar-refractivity contribution >= 4 is 0 Å². The highest BCUT2D eigenvalue weighted by Gasteiger charge is 2.28. The van der Waals surface area contributed by atoms with E-state index in [2.05, 4.69) is 0 Å². The van der Waals surface area contributed by atoms with Gasteiger partial charge in [0.25, 0.3) is 0 Å². The highest BCUT2D eigenvalue weighted by atomic mass is 19.2. The van der Waals surface area contributed by atoms with Crippen LogP contribution in [0.25, 0.3) is 11.1 Å². The second-order valence-corrected chi connectivity index (χ2v) is 5.55. The largest absolute Gasteiger partial charge is 0.346 e. The molecule has 2 aromatic rings. The molecule has 0 aliphatic carbocycles. The summed E-state index contributed by atoms with van der Waals surface area (Å²) in [7, 11) is 0. The van der Waals surface area contributed by atoms with Gasteiger partial charge in [0.2, 0.25) is 0 Å². The monoisotopic (exact) mass is 340 g/mol. The lowest BCUT2D eigenvalue weighted by molar-refractivity contribution is -0.0439. The average molecular weight is 340 g/mol. The summed E-state index contributed by atoms with van der Waals surface area (Å²) in [5, 5.41) is 0. The Morgan fingerprint density at radius 3 is 2.29 bits per heavy atom. The molecule has 0 unspecified atom stereocenters. The zero-order valence-corrected chi connectivity index (χ0v) is 13.0. The van der Waals surface area contributed by atoms with Gasteiger partial charge in [-0.1, -0.05) is 31.5 Å². The summed E-state index contributed by atoms with van der Waals surface area (Å²) in [4.78, 5) is 0. The van der Waals surface area contributed by atoms with Crippen molar-refractivity contribution in [3.63, 3.8) is 0 Å². The van der Waals surface area contributed by atoms with E-state index in [-0.39, 0.29) is 35.5 Å². The van der Waals surface area contributed by atoms with Gasteiger partial charge in [-0.2, -0.15) is 0 Å².